The standard InChI is InChI=1S/C14H24N2O4/c1-14(12(17)18)7-2-5-11(14)16-13(19)15-8-6-10-4-3-9-20-10/h10-11H,2-9H2,1H3,(H,17,18)(H2,15,16,19). The maximum atomic E-state index is 11.8. The van der Waals surface area contributed by atoms with E-state index in [2.05, 4.69) is 10.6 Å². The number of carbonyl (C=O) groups is 2. The Morgan fingerprint density at radius 2 is 2.15 bits per heavy atom. The number of urea groups is 1. The van der Waals surface area contributed by atoms with Gasteiger partial charge in [0, 0.05) is 19.2 Å². The van der Waals surface area contributed by atoms with Crippen molar-refractivity contribution in [3.05, 3.63) is 0 Å². The average Bonchev–Trinajstić information content (AvgIpc) is 3.01. The molecular formula is C14H24N2O4. The van der Waals surface area contributed by atoms with Gasteiger partial charge in [0.15, 0.2) is 0 Å². The second-order valence-corrected chi connectivity index (χ2v) is 5.99. The molecule has 0 aromatic rings. The lowest BCUT2D eigenvalue weighted by Gasteiger charge is -2.27. The molecule has 1 aliphatic heterocycles. The predicted octanol–water partition coefficient (Wildman–Crippen LogP) is 1.50. The van der Waals surface area contributed by atoms with Gasteiger partial charge in [0.05, 0.1) is 11.5 Å². The molecule has 1 heterocycles. The molecule has 114 valence electrons. The van der Waals surface area contributed by atoms with Crippen LogP contribution in [0.15, 0.2) is 0 Å². The van der Waals surface area contributed by atoms with Crippen LogP contribution in [0, 0.1) is 5.41 Å². The topological polar surface area (TPSA) is 87.7 Å². The highest BCUT2D eigenvalue weighted by Crippen LogP contribution is 2.38. The number of ether oxygens (including phenoxy) is 1. The van der Waals surface area contributed by atoms with Gasteiger partial charge in [-0.1, -0.05) is 6.42 Å². The second kappa shape index (κ2) is 6.43. The van der Waals surface area contributed by atoms with E-state index in [1.54, 1.807) is 6.92 Å². The van der Waals surface area contributed by atoms with Gasteiger partial charge >= 0.3 is 12.0 Å². The SMILES string of the molecule is CC1(C(=O)O)CCCC1NC(=O)NCCC1CCCO1. The second-order valence-electron chi connectivity index (χ2n) is 5.99. The summed E-state index contributed by atoms with van der Waals surface area (Å²) < 4.78 is 5.48. The molecule has 20 heavy (non-hydrogen) atoms. The Morgan fingerprint density at radius 1 is 1.35 bits per heavy atom. The van der Waals surface area contributed by atoms with Crippen LogP contribution in [-0.4, -0.2) is 42.4 Å². The molecule has 3 N–H and O–H groups in total. The van der Waals surface area contributed by atoms with Gasteiger partial charge in [-0.3, -0.25) is 4.79 Å². The first kappa shape index (κ1) is 15.1. The van der Waals surface area contributed by atoms with Crippen molar-refractivity contribution < 1.29 is 19.4 Å². The molecule has 3 atom stereocenters. The van der Waals surface area contributed by atoms with E-state index in [0.717, 1.165) is 38.7 Å². The van der Waals surface area contributed by atoms with E-state index in [0.29, 0.717) is 13.0 Å². The molecule has 1 saturated carbocycles. The number of nitrogens with one attached hydrogen (secondary N) is 2. The van der Waals surface area contributed by atoms with Crippen LogP contribution in [0.5, 0.6) is 0 Å². The van der Waals surface area contributed by atoms with Crippen molar-refractivity contribution in [2.75, 3.05) is 13.2 Å². The molecule has 0 radical (unpaired) electrons. The fraction of sp³-hybridized carbons (Fsp3) is 0.857. The van der Waals surface area contributed by atoms with Crippen LogP contribution in [-0.2, 0) is 9.53 Å². The van der Waals surface area contributed by atoms with Crippen LogP contribution in [0.4, 0.5) is 4.79 Å². The fourth-order valence-corrected chi connectivity index (χ4v) is 3.08. The Morgan fingerprint density at radius 3 is 2.80 bits per heavy atom. The molecule has 1 saturated heterocycles. The highest BCUT2D eigenvalue weighted by molar-refractivity contribution is 5.79. The van der Waals surface area contributed by atoms with Crippen LogP contribution in [0.3, 0.4) is 0 Å². The molecule has 2 aliphatic rings. The van der Waals surface area contributed by atoms with Crippen molar-refractivity contribution in [1.29, 1.82) is 0 Å². The first-order chi connectivity index (χ1) is 9.52. The Labute approximate surface area is 119 Å². The van der Waals surface area contributed by atoms with Gasteiger partial charge in [0.25, 0.3) is 0 Å². The van der Waals surface area contributed by atoms with E-state index < -0.39 is 11.4 Å². The quantitative estimate of drug-likeness (QED) is 0.714. The highest BCUT2D eigenvalue weighted by atomic mass is 16.5. The van der Waals surface area contributed by atoms with Gasteiger partial charge in [0.1, 0.15) is 0 Å². The summed E-state index contributed by atoms with van der Waals surface area (Å²) in [6, 6.07) is -0.565. The van der Waals surface area contributed by atoms with Gasteiger partial charge in [0.2, 0.25) is 0 Å². The number of aliphatic carboxylic acids is 1. The van der Waals surface area contributed by atoms with Crippen molar-refractivity contribution in [2.24, 2.45) is 5.41 Å². The Bertz CT molecular complexity index is 368. The molecule has 2 amide bonds. The van der Waals surface area contributed by atoms with Gasteiger partial charge in [-0.15, -0.1) is 0 Å². The molecule has 2 fully saturated rings. The number of amides is 2. The molecule has 6 heteroatoms. The predicted molar refractivity (Wildman–Crippen MR) is 73.5 cm³/mol. The van der Waals surface area contributed by atoms with Crippen LogP contribution in [0.25, 0.3) is 0 Å². The maximum absolute atomic E-state index is 11.8. The number of rotatable bonds is 5. The van der Waals surface area contributed by atoms with E-state index >= 15 is 0 Å². The van der Waals surface area contributed by atoms with E-state index in [-0.39, 0.29) is 18.2 Å². The number of carboxylic acids is 1. The summed E-state index contributed by atoms with van der Waals surface area (Å²) in [4.78, 5) is 23.1. The Kier molecular flexibility index (Phi) is 4.86. The first-order valence-corrected chi connectivity index (χ1v) is 7.42. The molecular weight excluding hydrogens is 260 g/mol. The summed E-state index contributed by atoms with van der Waals surface area (Å²) in [5, 5.41) is 14.9. The van der Waals surface area contributed by atoms with Gasteiger partial charge in [-0.05, 0) is 39.0 Å². The summed E-state index contributed by atoms with van der Waals surface area (Å²) in [7, 11) is 0. The largest absolute Gasteiger partial charge is 0.481 e. The minimum atomic E-state index is -0.841. The van der Waals surface area contributed by atoms with E-state index in [1.165, 1.54) is 0 Å². The third-order valence-electron chi connectivity index (χ3n) is 4.53. The van der Waals surface area contributed by atoms with Crippen molar-refractivity contribution >= 4 is 12.0 Å². The minimum Gasteiger partial charge on any atom is -0.481 e. The summed E-state index contributed by atoms with van der Waals surface area (Å²) >= 11 is 0. The number of carboxylic acid groups (broad SMARTS) is 1. The zero-order valence-electron chi connectivity index (χ0n) is 12.0. The van der Waals surface area contributed by atoms with E-state index in [9.17, 15) is 14.7 Å². The van der Waals surface area contributed by atoms with Crippen molar-refractivity contribution in [1.82, 2.24) is 10.6 Å². The third kappa shape index (κ3) is 3.42. The monoisotopic (exact) mass is 284 g/mol. The third-order valence-corrected chi connectivity index (χ3v) is 4.53. The average molecular weight is 284 g/mol. The van der Waals surface area contributed by atoms with E-state index in [4.69, 9.17) is 4.74 Å². The lowest BCUT2D eigenvalue weighted by Crippen LogP contribution is -2.50. The van der Waals surface area contributed by atoms with Gasteiger partial charge in [-0.25, -0.2) is 4.79 Å². The van der Waals surface area contributed by atoms with Crippen molar-refractivity contribution in [2.45, 2.75) is 57.6 Å². The molecule has 1 aliphatic carbocycles. The summed E-state index contributed by atoms with van der Waals surface area (Å²) in [6.07, 6.45) is 5.40. The fourth-order valence-electron chi connectivity index (χ4n) is 3.08. The minimum absolute atomic E-state index is 0.256. The number of hydrogen-bond acceptors (Lipinski definition) is 3. The first-order valence-electron chi connectivity index (χ1n) is 7.42. The Hall–Kier alpha value is -1.30. The van der Waals surface area contributed by atoms with Gasteiger partial charge < -0.3 is 20.5 Å². The normalized spacial score (nSPS) is 33.0. The summed E-state index contributed by atoms with van der Waals surface area (Å²) in [5.74, 6) is -0.834. The molecule has 0 spiro atoms. The van der Waals surface area contributed by atoms with Crippen molar-refractivity contribution in [3.8, 4) is 0 Å². The molecule has 6 nitrogen and oxygen atoms in total. The zero-order chi connectivity index (χ0) is 14.6. The molecule has 0 bridgehead atoms. The molecule has 2 rings (SSSR count). The van der Waals surface area contributed by atoms with Crippen molar-refractivity contribution in [3.63, 3.8) is 0 Å². The van der Waals surface area contributed by atoms with Crippen LogP contribution >= 0.6 is 0 Å². The summed E-state index contributed by atoms with van der Waals surface area (Å²) in [5.41, 5.74) is -0.841. The van der Waals surface area contributed by atoms with Crippen LogP contribution in [0.1, 0.15) is 45.4 Å². The van der Waals surface area contributed by atoms with Crippen LogP contribution in [0.2, 0.25) is 0 Å². The lowest BCUT2D eigenvalue weighted by atomic mass is 9.85. The zero-order valence-corrected chi connectivity index (χ0v) is 12.0. The molecule has 0 aromatic carbocycles. The maximum Gasteiger partial charge on any atom is 0.315 e. The summed E-state index contributed by atoms with van der Waals surface area (Å²) in [6.45, 7) is 3.09. The lowest BCUT2D eigenvalue weighted by molar-refractivity contribution is -0.148. The smallest absolute Gasteiger partial charge is 0.315 e. The van der Waals surface area contributed by atoms with Crippen LogP contribution < -0.4 is 10.6 Å². The highest BCUT2D eigenvalue weighted by Gasteiger charge is 2.45. The number of carbonyl (C=O) groups excluding carboxylic acids is 1. The molecule has 3 unspecified atom stereocenters. The van der Waals surface area contributed by atoms with E-state index in [1.807, 2.05) is 0 Å². The number of hydrogen-bond donors (Lipinski definition) is 3. The Balaban J connectivity index is 1.72. The van der Waals surface area contributed by atoms with Gasteiger partial charge in [-0.2, -0.15) is 0 Å². The molecule has 0 aromatic heterocycles.